The van der Waals surface area contributed by atoms with Crippen molar-refractivity contribution in [3.63, 3.8) is 0 Å². The van der Waals surface area contributed by atoms with Crippen LogP contribution in [0.4, 0.5) is 9.52 Å². The van der Waals surface area contributed by atoms with E-state index in [9.17, 15) is 9.18 Å². The molecule has 0 bridgehead atoms. The Balaban J connectivity index is 1.54. The maximum atomic E-state index is 12.9. The van der Waals surface area contributed by atoms with Crippen LogP contribution in [-0.4, -0.2) is 36.5 Å². The van der Waals surface area contributed by atoms with Crippen molar-refractivity contribution >= 4 is 22.4 Å². The molecular weight excluding hydrogens is 365 g/mol. The molecule has 7 heteroatoms. The minimum atomic E-state index is -0.268. The number of rotatable bonds is 7. The Bertz CT molecular complexity index is 894. The van der Waals surface area contributed by atoms with Crippen LogP contribution in [0.3, 0.4) is 0 Å². The smallest absolute Gasteiger partial charge is 0.240 e. The number of ether oxygens (including phenoxy) is 1. The molecule has 0 radical (unpaired) electrons. The molecule has 5 nitrogen and oxygen atoms in total. The molecule has 0 saturated heterocycles. The number of thiazole rings is 1. The molecule has 3 aromatic rings. The van der Waals surface area contributed by atoms with Gasteiger partial charge in [-0.15, -0.1) is 11.3 Å². The standard InChI is InChI=1S/C20H20FN3O2S/c1-24(11-14-3-7-16(21)8-4-14)12-19(25)23-20-22-18(13-27-20)15-5-9-17(26-2)10-6-15/h3-10,13H,11-12H2,1-2H3,(H,22,23,25). The van der Waals surface area contributed by atoms with Crippen LogP contribution in [-0.2, 0) is 11.3 Å². The average Bonchev–Trinajstić information content (AvgIpc) is 3.12. The maximum Gasteiger partial charge on any atom is 0.240 e. The van der Waals surface area contributed by atoms with Gasteiger partial charge in [0.1, 0.15) is 11.6 Å². The van der Waals surface area contributed by atoms with Gasteiger partial charge in [0.25, 0.3) is 0 Å². The highest BCUT2D eigenvalue weighted by molar-refractivity contribution is 7.14. The normalized spacial score (nSPS) is 10.8. The summed E-state index contributed by atoms with van der Waals surface area (Å²) in [6, 6.07) is 13.9. The summed E-state index contributed by atoms with van der Waals surface area (Å²) in [5, 5.41) is 5.28. The lowest BCUT2D eigenvalue weighted by Gasteiger charge is -2.15. The van der Waals surface area contributed by atoms with Crippen molar-refractivity contribution in [2.24, 2.45) is 0 Å². The van der Waals surface area contributed by atoms with Gasteiger partial charge in [-0.25, -0.2) is 9.37 Å². The van der Waals surface area contributed by atoms with E-state index in [4.69, 9.17) is 4.74 Å². The Labute approximate surface area is 161 Å². The fourth-order valence-corrected chi connectivity index (χ4v) is 3.32. The van der Waals surface area contributed by atoms with E-state index < -0.39 is 0 Å². The summed E-state index contributed by atoms with van der Waals surface area (Å²) in [7, 11) is 3.46. The lowest BCUT2D eigenvalue weighted by atomic mass is 10.2. The van der Waals surface area contributed by atoms with Crippen molar-refractivity contribution in [1.82, 2.24) is 9.88 Å². The van der Waals surface area contributed by atoms with Gasteiger partial charge in [-0.2, -0.15) is 0 Å². The first kappa shape index (κ1) is 19.0. The molecule has 0 atom stereocenters. The number of carbonyl (C=O) groups excluding carboxylic acids is 1. The van der Waals surface area contributed by atoms with E-state index in [1.807, 2.05) is 41.6 Å². The number of hydrogen-bond donors (Lipinski definition) is 1. The van der Waals surface area contributed by atoms with Crippen molar-refractivity contribution in [1.29, 1.82) is 0 Å². The third-order valence-corrected chi connectivity index (χ3v) is 4.67. The molecule has 0 unspecified atom stereocenters. The zero-order valence-corrected chi connectivity index (χ0v) is 15.9. The topological polar surface area (TPSA) is 54.5 Å². The van der Waals surface area contributed by atoms with E-state index in [0.29, 0.717) is 11.7 Å². The van der Waals surface area contributed by atoms with Gasteiger partial charge in [0.2, 0.25) is 5.91 Å². The van der Waals surface area contributed by atoms with Gasteiger partial charge in [0.15, 0.2) is 5.13 Å². The summed E-state index contributed by atoms with van der Waals surface area (Å²) < 4.78 is 18.1. The fourth-order valence-electron chi connectivity index (χ4n) is 2.59. The second-order valence-electron chi connectivity index (χ2n) is 6.11. The second-order valence-corrected chi connectivity index (χ2v) is 6.97. The summed E-state index contributed by atoms with van der Waals surface area (Å²) in [6.45, 7) is 0.775. The molecule has 0 spiro atoms. The average molecular weight is 385 g/mol. The van der Waals surface area contributed by atoms with Crippen LogP contribution < -0.4 is 10.1 Å². The van der Waals surface area contributed by atoms with E-state index in [1.165, 1.54) is 23.5 Å². The van der Waals surface area contributed by atoms with Crippen molar-refractivity contribution in [3.8, 4) is 17.0 Å². The van der Waals surface area contributed by atoms with Crippen molar-refractivity contribution in [3.05, 3.63) is 65.3 Å². The SMILES string of the molecule is COc1ccc(-c2csc(NC(=O)CN(C)Cc3ccc(F)cc3)n2)cc1. The number of nitrogens with one attached hydrogen (secondary N) is 1. The number of amides is 1. The third-order valence-electron chi connectivity index (χ3n) is 3.92. The monoisotopic (exact) mass is 385 g/mol. The number of carbonyl (C=O) groups is 1. The molecular formula is C20H20FN3O2S. The lowest BCUT2D eigenvalue weighted by molar-refractivity contribution is -0.117. The number of methoxy groups -OCH3 is 1. The lowest BCUT2D eigenvalue weighted by Crippen LogP contribution is -2.29. The highest BCUT2D eigenvalue weighted by Crippen LogP contribution is 2.26. The van der Waals surface area contributed by atoms with E-state index in [-0.39, 0.29) is 18.3 Å². The van der Waals surface area contributed by atoms with Crippen LogP contribution in [0.2, 0.25) is 0 Å². The number of nitrogens with zero attached hydrogens (tertiary/aromatic N) is 2. The molecule has 1 heterocycles. The highest BCUT2D eigenvalue weighted by atomic mass is 32.1. The first-order valence-electron chi connectivity index (χ1n) is 8.36. The zero-order chi connectivity index (χ0) is 19.2. The number of benzene rings is 2. The van der Waals surface area contributed by atoms with Gasteiger partial charge in [-0.05, 0) is 49.0 Å². The van der Waals surface area contributed by atoms with E-state index in [0.717, 1.165) is 22.6 Å². The molecule has 0 saturated carbocycles. The van der Waals surface area contributed by atoms with Gasteiger partial charge in [-0.1, -0.05) is 12.1 Å². The second kappa shape index (κ2) is 8.75. The summed E-state index contributed by atoms with van der Waals surface area (Å²) in [5.41, 5.74) is 2.71. The molecule has 140 valence electrons. The molecule has 1 amide bonds. The molecule has 1 aromatic heterocycles. The Morgan fingerprint density at radius 1 is 1.19 bits per heavy atom. The summed E-state index contributed by atoms with van der Waals surface area (Å²) in [6.07, 6.45) is 0. The van der Waals surface area contributed by atoms with E-state index in [2.05, 4.69) is 10.3 Å². The number of aromatic nitrogens is 1. The highest BCUT2D eigenvalue weighted by Gasteiger charge is 2.11. The predicted molar refractivity (Wildman–Crippen MR) is 105 cm³/mol. The van der Waals surface area contributed by atoms with Crippen molar-refractivity contribution < 1.29 is 13.9 Å². The van der Waals surface area contributed by atoms with Crippen LogP contribution in [0.25, 0.3) is 11.3 Å². The molecule has 0 aliphatic heterocycles. The minimum absolute atomic E-state index is 0.143. The number of hydrogen-bond acceptors (Lipinski definition) is 5. The summed E-state index contributed by atoms with van der Waals surface area (Å²) in [4.78, 5) is 18.6. The van der Waals surface area contributed by atoms with Gasteiger partial charge in [0.05, 0.1) is 19.3 Å². The molecule has 3 rings (SSSR count). The molecule has 27 heavy (non-hydrogen) atoms. The maximum absolute atomic E-state index is 12.9. The van der Waals surface area contributed by atoms with Crippen LogP contribution in [0.1, 0.15) is 5.56 Å². The van der Waals surface area contributed by atoms with Crippen LogP contribution in [0.15, 0.2) is 53.9 Å². The third kappa shape index (κ3) is 5.35. The van der Waals surface area contributed by atoms with Gasteiger partial charge in [-0.3, -0.25) is 9.69 Å². The molecule has 0 aliphatic rings. The minimum Gasteiger partial charge on any atom is -0.497 e. The number of anilines is 1. The van der Waals surface area contributed by atoms with Gasteiger partial charge < -0.3 is 10.1 Å². The zero-order valence-electron chi connectivity index (χ0n) is 15.1. The quantitative estimate of drug-likeness (QED) is 0.667. The Morgan fingerprint density at radius 3 is 2.56 bits per heavy atom. The molecule has 1 N–H and O–H groups in total. The first-order valence-corrected chi connectivity index (χ1v) is 9.24. The van der Waals surface area contributed by atoms with Gasteiger partial charge in [0, 0.05) is 17.5 Å². The fraction of sp³-hybridized carbons (Fsp3) is 0.200. The Kier molecular flexibility index (Phi) is 6.16. The molecule has 0 fully saturated rings. The van der Waals surface area contributed by atoms with Crippen LogP contribution >= 0.6 is 11.3 Å². The largest absolute Gasteiger partial charge is 0.497 e. The van der Waals surface area contributed by atoms with Gasteiger partial charge >= 0.3 is 0 Å². The molecule has 0 aliphatic carbocycles. The summed E-state index contributed by atoms with van der Waals surface area (Å²) in [5.74, 6) is 0.373. The summed E-state index contributed by atoms with van der Waals surface area (Å²) >= 11 is 1.38. The first-order chi connectivity index (χ1) is 13.0. The van der Waals surface area contributed by atoms with E-state index >= 15 is 0 Å². The predicted octanol–water partition coefficient (Wildman–Crippen LogP) is 4.03. The Morgan fingerprint density at radius 2 is 1.89 bits per heavy atom. The molecule has 2 aromatic carbocycles. The van der Waals surface area contributed by atoms with Crippen molar-refractivity contribution in [2.75, 3.05) is 26.0 Å². The number of likely N-dealkylation sites (N-methyl/N-ethyl adjacent to an activating group) is 1. The van der Waals surface area contributed by atoms with Crippen LogP contribution in [0.5, 0.6) is 5.75 Å². The van der Waals surface area contributed by atoms with Crippen molar-refractivity contribution in [2.45, 2.75) is 6.54 Å². The Hall–Kier alpha value is -2.77. The van der Waals surface area contributed by atoms with Crippen LogP contribution in [0, 0.1) is 5.82 Å². The van der Waals surface area contributed by atoms with E-state index in [1.54, 1.807) is 19.2 Å². The number of halogens is 1.